The van der Waals surface area contributed by atoms with Crippen molar-refractivity contribution in [2.75, 3.05) is 13.1 Å². The number of hydrogen-bond acceptors (Lipinski definition) is 3. The highest BCUT2D eigenvalue weighted by Crippen LogP contribution is 2.27. The van der Waals surface area contributed by atoms with E-state index in [1.807, 2.05) is 24.3 Å². The topological polar surface area (TPSA) is 54.5 Å². The van der Waals surface area contributed by atoms with Crippen LogP contribution in [0.1, 0.15) is 56.5 Å². The fourth-order valence-corrected chi connectivity index (χ4v) is 4.74. The summed E-state index contributed by atoms with van der Waals surface area (Å²) in [6.45, 7) is 8.10. The number of nitrogens with zero attached hydrogens (tertiary/aromatic N) is 1. The van der Waals surface area contributed by atoms with Gasteiger partial charge in [0.15, 0.2) is 9.84 Å². The Labute approximate surface area is 139 Å². The normalized spacial score (nSPS) is 19.1. The molecule has 23 heavy (non-hydrogen) atoms. The van der Waals surface area contributed by atoms with Crippen molar-refractivity contribution >= 4 is 15.7 Å². The summed E-state index contributed by atoms with van der Waals surface area (Å²) in [4.78, 5) is 14.2. The molecule has 0 aliphatic carbocycles. The fourth-order valence-electron chi connectivity index (χ4n) is 2.95. The fraction of sp³-hybridized carbons (Fsp3) is 0.611. The number of rotatable bonds is 4. The van der Waals surface area contributed by atoms with Crippen LogP contribution in [0, 0.1) is 0 Å². The summed E-state index contributed by atoms with van der Waals surface area (Å²) in [6.07, 6.45) is 2.61. The third-order valence-corrected chi connectivity index (χ3v) is 7.43. The van der Waals surface area contributed by atoms with E-state index in [0.717, 1.165) is 12.8 Å². The largest absolute Gasteiger partial charge is 0.337 e. The van der Waals surface area contributed by atoms with E-state index in [-0.39, 0.29) is 5.91 Å². The van der Waals surface area contributed by atoms with E-state index in [4.69, 9.17) is 0 Å². The number of likely N-dealkylation sites (tertiary alicyclic amines) is 1. The molecule has 1 heterocycles. The zero-order chi connectivity index (χ0) is 17.3. The maximum absolute atomic E-state index is 12.6. The number of hydrogen-bond donors (Lipinski definition) is 0. The first-order valence-electron chi connectivity index (χ1n) is 8.28. The Bertz CT molecular complexity index is 657. The molecule has 0 saturated carbocycles. The number of amides is 1. The molecule has 2 rings (SSSR count). The van der Waals surface area contributed by atoms with Gasteiger partial charge in [-0.1, -0.05) is 25.5 Å². The van der Waals surface area contributed by atoms with Crippen LogP contribution in [0.25, 0.3) is 0 Å². The van der Waals surface area contributed by atoms with Crippen LogP contribution in [0.5, 0.6) is 0 Å². The zero-order valence-electron chi connectivity index (χ0n) is 14.5. The average Bonchev–Trinajstić information content (AvgIpc) is 2.97. The van der Waals surface area contributed by atoms with Gasteiger partial charge in [0.25, 0.3) is 5.91 Å². The molecule has 1 atom stereocenters. The molecule has 0 unspecified atom stereocenters. The molecule has 5 heteroatoms. The van der Waals surface area contributed by atoms with Gasteiger partial charge in [0.05, 0.1) is 10.00 Å². The standard InChI is InChI=1S/C18H27NO3S/c1-5-6-14-7-9-15(10-8-14)17(20)19-12-11-16(13-19)23(21,22)18(2,3)4/h7-10,16H,5-6,11-13H2,1-4H3/t16-/m0/s1. The van der Waals surface area contributed by atoms with Gasteiger partial charge < -0.3 is 4.90 Å². The van der Waals surface area contributed by atoms with Crippen molar-refractivity contribution in [2.24, 2.45) is 0 Å². The van der Waals surface area contributed by atoms with Crippen LogP contribution in [0.3, 0.4) is 0 Å². The summed E-state index contributed by atoms with van der Waals surface area (Å²) < 4.78 is 24.3. The molecule has 1 saturated heterocycles. The molecule has 1 aliphatic rings. The summed E-state index contributed by atoms with van der Waals surface area (Å²) in [5.41, 5.74) is 1.86. The molecule has 1 aromatic rings. The van der Waals surface area contributed by atoms with E-state index < -0.39 is 19.8 Å². The van der Waals surface area contributed by atoms with Crippen LogP contribution in [-0.2, 0) is 16.3 Å². The van der Waals surface area contributed by atoms with Crippen LogP contribution in [-0.4, -0.2) is 42.3 Å². The van der Waals surface area contributed by atoms with Gasteiger partial charge in [-0.2, -0.15) is 0 Å². The smallest absolute Gasteiger partial charge is 0.253 e. The first kappa shape index (κ1) is 18.0. The van der Waals surface area contributed by atoms with Gasteiger partial charge in [0.1, 0.15) is 0 Å². The Morgan fingerprint density at radius 2 is 1.83 bits per heavy atom. The van der Waals surface area contributed by atoms with E-state index in [9.17, 15) is 13.2 Å². The molecule has 1 amide bonds. The van der Waals surface area contributed by atoms with Crippen molar-refractivity contribution in [2.45, 2.75) is 57.0 Å². The van der Waals surface area contributed by atoms with Gasteiger partial charge >= 0.3 is 0 Å². The lowest BCUT2D eigenvalue weighted by Gasteiger charge is -2.24. The van der Waals surface area contributed by atoms with Crippen molar-refractivity contribution in [1.29, 1.82) is 0 Å². The summed E-state index contributed by atoms with van der Waals surface area (Å²) in [5.74, 6) is -0.0698. The van der Waals surface area contributed by atoms with Gasteiger partial charge in [-0.3, -0.25) is 4.79 Å². The molecule has 0 spiro atoms. The minimum atomic E-state index is -3.23. The monoisotopic (exact) mass is 337 g/mol. The average molecular weight is 337 g/mol. The zero-order valence-corrected chi connectivity index (χ0v) is 15.3. The highest BCUT2D eigenvalue weighted by Gasteiger charge is 2.41. The van der Waals surface area contributed by atoms with Gasteiger partial charge in [-0.05, 0) is 51.3 Å². The minimum Gasteiger partial charge on any atom is -0.337 e. The quantitative estimate of drug-likeness (QED) is 0.848. The Morgan fingerprint density at radius 3 is 2.35 bits per heavy atom. The number of sulfone groups is 1. The van der Waals surface area contributed by atoms with E-state index in [0.29, 0.717) is 25.1 Å². The van der Waals surface area contributed by atoms with E-state index in [1.165, 1.54) is 5.56 Å². The van der Waals surface area contributed by atoms with Gasteiger partial charge in [0.2, 0.25) is 0 Å². The van der Waals surface area contributed by atoms with Crippen LogP contribution in [0.15, 0.2) is 24.3 Å². The SMILES string of the molecule is CCCc1ccc(C(=O)N2CC[C@H](S(=O)(=O)C(C)(C)C)C2)cc1. The molecule has 4 nitrogen and oxygen atoms in total. The highest BCUT2D eigenvalue weighted by atomic mass is 32.2. The summed E-state index contributed by atoms with van der Waals surface area (Å²) in [5, 5.41) is -0.453. The van der Waals surface area contributed by atoms with Crippen LogP contribution < -0.4 is 0 Å². The molecule has 1 fully saturated rings. The van der Waals surface area contributed by atoms with Crippen molar-refractivity contribution in [3.8, 4) is 0 Å². The second-order valence-corrected chi connectivity index (χ2v) is 10.2. The molecule has 1 aromatic carbocycles. The van der Waals surface area contributed by atoms with Crippen LogP contribution in [0.2, 0.25) is 0 Å². The van der Waals surface area contributed by atoms with Gasteiger partial charge in [-0.25, -0.2) is 8.42 Å². The Morgan fingerprint density at radius 1 is 1.22 bits per heavy atom. The van der Waals surface area contributed by atoms with Crippen molar-refractivity contribution in [3.63, 3.8) is 0 Å². The predicted molar refractivity (Wildman–Crippen MR) is 93.4 cm³/mol. The summed E-state index contributed by atoms with van der Waals surface area (Å²) in [6, 6.07) is 7.66. The minimum absolute atomic E-state index is 0.0698. The lowest BCUT2D eigenvalue weighted by Crippen LogP contribution is -2.39. The van der Waals surface area contributed by atoms with Crippen molar-refractivity contribution < 1.29 is 13.2 Å². The van der Waals surface area contributed by atoms with E-state index in [2.05, 4.69) is 6.92 Å². The summed E-state index contributed by atoms with van der Waals surface area (Å²) >= 11 is 0. The second-order valence-electron chi connectivity index (χ2n) is 7.27. The van der Waals surface area contributed by atoms with Crippen molar-refractivity contribution in [3.05, 3.63) is 35.4 Å². The van der Waals surface area contributed by atoms with Gasteiger partial charge in [0, 0.05) is 18.7 Å². The Kier molecular flexibility index (Phi) is 5.19. The lowest BCUT2D eigenvalue weighted by molar-refractivity contribution is 0.0793. The predicted octanol–water partition coefficient (Wildman–Crippen LogP) is 3.07. The number of carbonyl (C=O) groups is 1. The molecular weight excluding hydrogens is 310 g/mol. The molecular formula is C18H27NO3S. The second kappa shape index (κ2) is 6.63. The molecule has 0 N–H and O–H groups in total. The molecule has 0 bridgehead atoms. The Hall–Kier alpha value is -1.36. The first-order valence-corrected chi connectivity index (χ1v) is 9.83. The summed E-state index contributed by atoms with van der Waals surface area (Å²) in [7, 11) is -3.23. The first-order chi connectivity index (χ1) is 10.7. The third-order valence-electron chi connectivity index (χ3n) is 4.46. The molecule has 0 radical (unpaired) electrons. The molecule has 128 valence electrons. The number of aryl methyl sites for hydroxylation is 1. The van der Waals surface area contributed by atoms with Crippen LogP contribution >= 0.6 is 0 Å². The number of benzene rings is 1. The molecule has 0 aromatic heterocycles. The maximum Gasteiger partial charge on any atom is 0.253 e. The maximum atomic E-state index is 12.6. The van der Waals surface area contributed by atoms with E-state index in [1.54, 1.807) is 25.7 Å². The number of carbonyl (C=O) groups excluding carboxylic acids is 1. The third kappa shape index (κ3) is 3.77. The van der Waals surface area contributed by atoms with Crippen LogP contribution in [0.4, 0.5) is 0 Å². The van der Waals surface area contributed by atoms with Gasteiger partial charge in [-0.15, -0.1) is 0 Å². The Balaban J connectivity index is 2.08. The highest BCUT2D eigenvalue weighted by molar-refractivity contribution is 7.93. The lowest BCUT2D eigenvalue weighted by atomic mass is 10.1. The van der Waals surface area contributed by atoms with E-state index >= 15 is 0 Å². The van der Waals surface area contributed by atoms with Crippen molar-refractivity contribution in [1.82, 2.24) is 4.90 Å². The molecule has 1 aliphatic heterocycles.